The first kappa shape index (κ1) is 18.6. The van der Waals surface area contributed by atoms with Gasteiger partial charge in [0.2, 0.25) is 5.13 Å². The first-order valence-electron chi connectivity index (χ1n) is 10.4. The molecule has 1 N–H and O–H groups in total. The molecule has 1 atom stereocenters. The van der Waals surface area contributed by atoms with Crippen molar-refractivity contribution in [2.24, 2.45) is 5.41 Å². The van der Waals surface area contributed by atoms with Crippen LogP contribution in [0.25, 0.3) is 15.3 Å². The molecule has 0 bridgehead atoms. The van der Waals surface area contributed by atoms with E-state index in [1.54, 1.807) is 11.3 Å². The Hall–Kier alpha value is -2.47. The number of aromatic nitrogens is 3. The van der Waals surface area contributed by atoms with Gasteiger partial charge >= 0.3 is 0 Å². The molecule has 150 valence electrons. The number of thiazole rings is 1. The van der Waals surface area contributed by atoms with Crippen LogP contribution >= 0.6 is 11.3 Å². The highest BCUT2D eigenvalue weighted by Crippen LogP contribution is 2.49. The number of allylic oxidation sites excluding steroid dienone is 2. The summed E-state index contributed by atoms with van der Waals surface area (Å²) in [7, 11) is 0. The normalized spacial score (nSPS) is 20.6. The Morgan fingerprint density at radius 3 is 2.83 bits per heavy atom. The highest BCUT2D eigenvalue weighted by Gasteiger charge is 2.42. The minimum absolute atomic E-state index is 0.0209. The van der Waals surface area contributed by atoms with Crippen LogP contribution in [0.15, 0.2) is 35.5 Å². The van der Waals surface area contributed by atoms with Crippen LogP contribution in [0.4, 0.5) is 5.82 Å². The molecule has 0 fully saturated rings. The Labute approximate surface area is 174 Å². The summed E-state index contributed by atoms with van der Waals surface area (Å²) in [6.45, 7) is 8.59. The lowest BCUT2D eigenvalue weighted by Crippen LogP contribution is -2.33. The Morgan fingerprint density at radius 2 is 2.07 bits per heavy atom. The molecule has 6 heteroatoms. The number of fused-ring (bicyclic) bond motifs is 2. The Kier molecular flexibility index (Phi) is 4.17. The van der Waals surface area contributed by atoms with Crippen molar-refractivity contribution in [3.63, 3.8) is 0 Å². The fourth-order valence-corrected chi connectivity index (χ4v) is 5.81. The number of ketones is 1. The highest BCUT2D eigenvalue weighted by atomic mass is 32.1. The number of rotatable bonds is 3. The SMILES string of the molecule is CCC[C@@H]1C2=C(CC(C)(C)CC2=O)Nc2c1c(C)nn2-c1nc2ccccc2s1. The topological polar surface area (TPSA) is 59.8 Å². The molecule has 0 saturated carbocycles. The third-order valence-electron chi connectivity index (χ3n) is 6.03. The lowest BCUT2D eigenvalue weighted by atomic mass is 9.69. The number of Topliss-reactive ketones (excluding diaryl/α,β-unsaturated/α-hetero) is 1. The van der Waals surface area contributed by atoms with Crippen molar-refractivity contribution < 1.29 is 4.79 Å². The summed E-state index contributed by atoms with van der Waals surface area (Å²) in [5.74, 6) is 1.40. The van der Waals surface area contributed by atoms with E-state index in [0.29, 0.717) is 12.2 Å². The van der Waals surface area contributed by atoms with Gasteiger partial charge in [-0.3, -0.25) is 4.79 Å². The zero-order valence-corrected chi connectivity index (χ0v) is 18.2. The van der Waals surface area contributed by atoms with Crippen molar-refractivity contribution in [2.45, 2.75) is 59.3 Å². The molecule has 3 aromatic rings. The maximum Gasteiger partial charge on any atom is 0.213 e. The number of para-hydroxylation sites is 1. The number of hydrogen-bond acceptors (Lipinski definition) is 5. The molecule has 2 aromatic heterocycles. The summed E-state index contributed by atoms with van der Waals surface area (Å²) in [5, 5.41) is 9.37. The first-order valence-corrected chi connectivity index (χ1v) is 11.2. The lowest BCUT2D eigenvalue weighted by molar-refractivity contribution is -0.118. The summed E-state index contributed by atoms with van der Waals surface area (Å²) >= 11 is 1.65. The van der Waals surface area contributed by atoms with E-state index in [2.05, 4.69) is 39.1 Å². The number of carbonyl (C=O) groups excluding carboxylic acids is 1. The Balaban J connectivity index is 1.68. The second-order valence-electron chi connectivity index (χ2n) is 9.02. The average molecular weight is 407 g/mol. The average Bonchev–Trinajstić information content (AvgIpc) is 3.21. The fourth-order valence-electron chi connectivity index (χ4n) is 4.88. The third kappa shape index (κ3) is 2.92. The van der Waals surface area contributed by atoms with E-state index in [1.807, 2.05) is 22.9 Å². The maximum atomic E-state index is 13.1. The molecular formula is C23H26N4OS. The first-order chi connectivity index (χ1) is 13.9. The number of carbonyl (C=O) groups is 1. The highest BCUT2D eigenvalue weighted by molar-refractivity contribution is 7.20. The van der Waals surface area contributed by atoms with Crippen LogP contribution in [-0.2, 0) is 4.79 Å². The van der Waals surface area contributed by atoms with Gasteiger partial charge in [-0.15, -0.1) is 0 Å². The van der Waals surface area contributed by atoms with Gasteiger partial charge in [0.1, 0.15) is 5.82 Å². The Morgan fingerprint density at radius 1 is 1.28 bits per heavy atom. The predicted molar refractivity (Wildman–Crippen MR) is 118 cm³/mol. The number of hydrogen-bond donors (Lipinski definition) is 1. The summed E-state index contributed by atoms with van der Waals surface area (Å²) in [4.78, 5) is 17.9. The van der Waals surface area contributed by atoms with Gasteiger partial charge in [0.15, 0.2) is 5.78 Å². The van der Waals surface area contributed by atoms with Gasteiger partial charge < -0.3 is 5.32 Å². The van der Waals surface area contributed by atoms with Crippen molar-refractivity contribution >= 4 is 33.2 Å². The van der Waals surface area contributed by atoms with Crippen LogP contribution in [-0.4, -0.2) is 20.5 Å². The summed E-state index contributed by atoms with van der Waals surface area (Å²) in [6, 6.07) is 8.18. The van der Waals surface area contributed by atoms with Gasteiger partial charge in [0, 0.05) is 29.2 Å². The monoisotopic (exact) mass is 406 g/mol. The molecule has 1 aliphatic carbocycles. The van der Waals surface area contributed by atoms with Crippen LogP contribution in [0.5, 0.6) is 0 Å². The van der Waals surface area contributed by atoms with Crippen LogP contribution < -0.4 is 5.32 Å². The molecule has 0 spiro atoms. The molecule has 1 aromatic carbocycles. The smallest absolute Gasteiger partial charge is 0.213 e. The Bertz CT molecular complexity index is 1130. The van der Waals surface area contributed by atoms with E-state index < -0.39 is 0 Å². The molecule has 29 heavy (non-hydrogen) atoms. The van der Waals surface area contributed by atoms with Crippen molar-refractivity contribution in [1.82, 2.24) is 14.8 Å². The lowest BCUT2D eigenvalue weighted by Gasteiger charge is -2.38. The second-order valence-corrected chi connectivity index (χ2v) is 10.0. The van der Waals surface area contributed by atoms with E-state index in [0.717, 1.165) is 63.0 Å². The summed E-state index contributed by atoms with van der Waals surface area (Å²) in [6.07, 6.45) is 3.50. The molecule has 3 heterocycles. The van der Waals surface area contributed by atoms with Gasteiger partial charge in [-0.1, -0.05) is 50.7 Å². The van der Waals surface area contributed by atoms with Gasteiger partial charge in [0.25, 0.3) is 0 Å². The quantitative estimate of drug-likeness (QED) is 0.602. The third-order valence-corrected chi connectivity index (χ3v) is 7.05. The standard InChI is InChI=1S/C23H26N4OS/c1-5-8-14-19-13(2)26-27(22-25-15-9-6-7-10-18(15)29-22)21(19)24-16-11-23(3,4)12-17(28)20(14)16/h6-7,9-10,14,24H,5,8,11-12H2,1-4H3/t14-/m0/s1. The van der Waals surface area contributed by atoms with Crippen molar-refractivity contribution in [2.75, 3.05) is 5.32 Å². The maximum absolute atomic E-state index is 13.1. The van der Waals surface area contributed by atoms with E-state index in [-0.39, 0.29) is 11.3 Å². The number of nitrogens with one attached hydrogen (secondary N) is 1. The van der Waals surface area contributed by atoms with Crippen LogP contribution in [0, 0.1) is 12.3 Å². The molecule has 0 saturated heterocycles. The minimum Gasteiger partial charge on any atom is -0.343 e. The van der Waals surface area contributed by atoms with Crippen LogP contribution in [0.2, 0.25) is 0 Å². The second kappa shape index (κ2) is 6.52. The van der Waals surface area contributed by atoms with Crippen LogP contribution in [0.3, 0.4) is 0 Å². The fraction of sp³-hybridized carbons (Fsp3) is 0.435. The van der Waals surface area contributed by atoms with E-state index in [4.69, 9.17) is 10.1 Å². The van der Waals surface area contributed by atoms with E-state index >= 15 is 0 Å². The number of nitrogens with zero attached hydrogens (tertiary/aromatic N) is 3. The molecular weight excluding hydrogens is 380 g/mol. The van der Waals surface area contributed by atoms with Gasteiger partial charge in [-0.2, -0.15) is 9.78 Å². The molecule has 0 amide bonds. The summed E-state index contributed by atoms with van der Waals surface area (Å²) < 4.78 is 3.10. The number of aryl methyl sites for hydroxylation is 1. The largest absolute Gasteiger partial charge is 0.343 e. The molecule has 5 nitrogen and oxygen atoms in total. The molecule has 0 radical (unpaired) electrons. The predicted octanol–water partition coefficient (Wildman–Crippen LogP) is 5.74. The van der Waals surface area contributed by atoms with E-state index in [9.17, 15) is 4.79 Å². The van der Waals surface area contributed by atoms with Crippen molar-refractivity contribution in [1.29, 1.82) is 0 Å². The zero-order valence-electron chi connectivity index (χ0n) is 17.4. The summed E-state index contributed by atoms with van der Waals surface area (Å²) in [5.41, 5.74) is 5.19. The zero-order chi connectivity index (χ0) is 20.3. The molecule has 0 unspecified atom stereocenters. The minimum atomic E-state index is -0.0209. The van der Waals surface area contributed by atoms with Crippen LogP contribution in [0.1, 0.15) is 63.6 Å². The van der Waals surface area contributed by atoms with Gasteiger partial charge in [-0.25, -0.2) is 4.98 Å². The molecule has 5 rings (SSSR count). The van der Waals surface area contributed by atoms with Gasteiger partial charge in [0.05, 0.1) is 15.9 Å². The van der Waals surface area contributed by atoms with E-state index in [1.165, 1.54) is 0 Å². The molecule has 1 aliphatic heterocycles. The van der Waals surface area contributed by atoms with Crippen molar-refractivity contribution in [3.05, 3.63) is 46.8 Å². The molecule has 2 aliphatic rings. The number of anilines is 1. The van der Waals surface area contributed by atoms with Gasteiger partial charge in [-0.05, 0) is 37.3 Å². The number of benzene rings is 1. The van der Waals surface area contributed by atoms with Crippen molar-refractivity contribution in [3.8, 4) is 5.13 Å².